The van der Waals surface area contributed by atoms with Crippen molar-refractivity contribution in [1.29, 1.82) is 0 Å². The standard InChI is InChI=1S/C29H33N3O4.C2H6/c1-19(2)35-25-11-9-22(17-20(25)3)28(34)31-15-13-29(14-16-31)27-12-10-23(18-30-21(4)33)32(27)24-7-5-6-8-26(24)36-29;1-2/h5-12,17,19H,13-16,18H2,1-4H3,(H,30,33);1-2H3. The Morgan fingerprint density at radius 2 is 1.76 bits per heavy atom. The molecular weight excluding hydrogens is 478 g/mol. The molecule has 0 radical (unpaired) electrons. The zero-order valence-electron chi connectivity index (χ0n) is 23.3. The van der Waals surface area contributed by atoms with Crippen LogP contribution in [0.2, 0.25) is 0 Å². The van der Waals surface area contributed by atoms with E-state index in [4.69, 9.17) is 9.47 Å². The molecule has 0 atom stereocenters. The Labute approximate surface area is 225 Å². The number of hydrogen-bond donors (Lipinski definition) is 1. The molecule has 0 aliphatic carbocycles. The van der Waals surface area contributed by atoms with Gasteiger partial charge in [-0.3, -0.25) is 9.59 Å². The molecule has 2 aliphatic heterocycles. The van der Waals surface area contributed by atoms with Gasteiger partial charge in [-0.05, 0) is 68.8 Å². The van der Waals surface area contributed by atoms with Crippen LogP contribution in [-0.4, -0.2) is 40.5 Å². The van der Waals surface area contributed by atoms with Gasteiger partial charge in [-0.15, -0.1) is 0 Å². The minimum atomic E-state index is -0.523. The molecule has 38 heavy (non-hydrogen) atoms. The van der Waals surface area contributed by atoms with Gasteiger partial charge in [0.2, 0.25) is 5.91 Å². The summed E-state index contributed by atoms with van der Waals surface area (Å²) in [5.41, 5.74) is 4.16. The number of carbonyl (C=O) groups excluding carboxylic acids is 2. The average molecular weight is 518 g/mol. The van der Waals surface area contributed by atoms with Crippen molar-refractivity contribution >= 4 is 11.8 Å². The number of benzene rings is 2. The summed E-state index contributed by atoms with van der Waals surface area (Å²) in [5.74, 6) is 1.60. The number of nitrogens with zero attached hydrogens (tertiary/aromatic N) is 2. The number of rotatable bonds is 5. The van der Waals surface area contributed by atoms with Crippen LogP contribution in [0.4, 0.5) is 0 Å². The highest BCUT2D eigenvalue weighted by Crippen LogP contribution is 2.46. The maximum Gasteiger partial charge on any atom is 0.253 e. The predicted octanol–water partition coefficient (Wildman–Crippen LogP) is 5.76. The molecule has 1 spiro atoms. The molecule has 202 valence electrons. The molecular formula is C31H39N3O4. The Hall–Kier alpha value is -3.74. The van der Waals surface area contributed by atoms with Crippen molar-refractivity contribution in [1.82, 2.24) is 14.8 Å². The zero-order chi connectivity index (χ0) is 27.4. The third-order valence-corrected chi connectivity index (χ3v) is 7.00. The summed E-state index contributed by atoms with van der Waals surface area (Å²) in [6.07, 6.45) is 1.45. The monoisotopic (exact) mass is 517 g/mol. The topological polar surface area (TPSA) is 72.8 Å². The summed E-state index contributed by atoms with van der Waals surface area (Å²) < 4.78 is 14.7. The maximum atomic E-state index is 13.4. The Morgan fingerprint density at radius 3 is 2.42 bits per heavy atom. The van der Waals surface area contributed by atoms with Gasteiger partial charge >= 0.3 is 0 Å². The van der Waals surface area contributed by atoms with Crippen molar-refractivity contribution in [3.8, 4) is 17.2 Å². The first-order valence-electron chi connectivity index (χ1n) is 13.6. The van der Waals surface area contributed by atoms with Gasteiger partial charge in [0.15, 0.2) is 5.60 Å². The summed E-state index contributed by atoms with van der Waals surface area (Å²) in [6.45, 7) is 13.1. The molecule has 0 saturated carbocycles. The van der Waals surface area contributed by atoms with Gasteiger partial charge in [-0.2, -0.15) is 0 Å². The van der Waals surface area contributed by atoms with E-state index < -0.39 is 5.60 Å². The molecule has 3 heterocycles. The molecule has 1 N–H and O–H groups in total. The minimum Gasteiger partial charge on any atom is -0.491 e. The predicted molar refractivity (Wildman–Crippen MR) is 149 cm³/mol. The van der Waals surface area contributed by atoms with Crippen LogP contribution in [0.1, 0.15) is 74.8 Å². The number of fused-ring (bicyclic) bond motifs is 4. The lowest BCUT2D eigenvalue weighted by Crippen LogP contribution is -2.50. The third-order valence-electron chi connectivity index (χ3n) is 7.00. The lowest BCUT2D eigenvalue weighted by atomic mass is 9.86. The van der Waals surface area contributed by atoms with Crippen molar-refractivity contribution in [3.05, 3.63) is 77.1 Å². The van der Waals surface area contributed by atoms with E-state index in [1.807, 2.05) is 82.0 Å². The van der Waals surface area contributed by atoms with Crippen LogP contribution in [0.25, 0.3) is 5.69 Å². The molecule has 2 amide bonds. The first-order valence-corrected chi connectivity index (χ1v) is 13.6. The van der Waals surface area contributed by atoms with Gasteiger partial charge in [-0.1, -0.05) is 26.0 Å². The van der Waals surface area contributed by atoms with Crippen LogP contribution in [0.5, 0.6) is 11.5 Å². The van der Waals surface area contributed by atoms with Crippen LogP contribution in [0.3, 0.4) is 0 Å². The number of hydrogen-bond acceptors (Lipinski definition) is 4. The van der Waals surface area contributed by atoms with Gasteiger partial charge in [0.1, 0.15) is 11.5 Å². The SMILES string of the molecule is CC.CC(=O)NCc1ccc2n1-c1ccccc1OC21CCN(C(=O)c2ccc(OC(C)C)c(C)c2)CC1. The van der Waals surface area contributed by atoms with Crippen molar-refractivity contribution in [2.45, 2.75) is 72.6 Å². The lowest BCUT2D eigenvalue weighted by molar-refractivity contribution is -0.119. The molecule has 2 aromatic carbocycles. The fourth-order valence-electron chi connectivity index (χ4n) is 5.24. The number of aromatic nitrogens is 1. The van der Waals surface area contributed by atoms with Crippen LogP contribution >= 0.6 is 0 Å². The van der Waals surface area contributed by atoms with E-state index in [1.54, 1.807) is 0 Å². The fraction of sp³-hybridized carbons (Fsp3) is 0.419. The summed E-state index contributed by atoms with van der Waals surface area (Å²) in [6, 6.07) is 17.8. The van der Waals surface area contributed by atoms with Gasteiger partial charge in [0.05, 0.1) is 24.0 Å². The number of para-hydroxylation sites is 2. The number of amides is 2. The summed E-state index contributed by atoms with van der Waals surface area (Å²) in [5, 5.41) is 2.92. The smallest absolute Gasteiger partial charge is 0.253 e. The van der Waals surface area contributed by atoms with Crippen LogP contribution in [0.15, 0.2) is 54.6 Å². The quantitative estimate of drug-likeness (QED) is 0.467. The number of nitrogens with one attached hydrogen (secondary N) is 1. The Kier molecular flexibility index (Phi) is 8.14. The average Bonchev–Trinajstić information content (AvgIpc) is 3.35. The highest BCUT2D eigenvalue weighted by atomic mass is 16.5. The van der Waals surface area contributed by atoms with Gasteiger partial charge in [0.25, 0.3) is 5.91 Å². The van der Waals surface area contributed by atoms with Crippen LogP contribution in [-0.2, 0) is 16.9 Å². The second-order valence-electron chi connectivity index (χ2n) is 9.96. The highest BCUT2D eigenvalue weighted by molar-refractivity contribution is 5.94. The zero-order valence-corrected chi connectivity index (χ0v) is 23.3. The van der Waals surface area contributed by atoms with E-state index in [0.29, 0.717) is 38.0 Å². The summed E-state index contributed by atoms with van der Waals surface area (Å²) >= 11 is 0. The molecule has 1 saturated heterocycles. The first-order chi connectivity index (χ1) is 18.3. The van der Waals surface area contributed by atoms with Gasteiger partial charge in [-0.25, -0.2) is 0 Å². The molecule has 1 fully saturated rings. The molecule has 5 rings (SSSR count). The first kappa shape index (κ1) is 27.3. The maximum absolute atomic E-state index is 13.4. The van der Waals surface area contributed by atoms with E-state index in [2.05, 4.69) is 22.0 Å². The van der Waals surface area contributed by atoms with Crippen LogP contribution in [0, 0.1) is 6.92 Å². The van der Waals surface area contributed by atoms with E-state index in [0.717, 1.165) is 34.1 Å². The largest absolute Gasteiger partial charge is 0.491 e. The number of ether oxygens (including phenoxy) is 2. The summed E-state index contributed by atoms with van der Waals surface area (Å²) in [4.78, 5) is 26.8. The molecule has 0 unspecified atom stereocenters. The van der Waals surface area contributed by atoms with Crippen LogP contribution < -0.4 is 14.8 Å². The number of piperidine rings is 1. The molecule has 7 heteroatoms. The van der Waals surface area contributed by atoms with Crippen molar-refractivity contribution in [3.63, 3.8) is 0 Å². The Bertz CT molecular complexity index is 1300. The van der Waals surface area contributed by atoms with Crippen molar-refractivity contribution < 1.29 is 19.1 Å². The molecule has 1 aromatic heterocycles. The molecule has 0 bridgehead atoms. The fourth-order valence-corrected chi connectivity index (χ4v) is 5.24. The second kappa shape index (κ2) is 11.3. The lowest BCUT2D eigenvalue weighted by Gasteiger charge is -2.45. The van der Waals surface area contributed by atoms with Crippen molar-refractivity contribution in [2.24, 2.45) is 0 Å². The number of likely N-dealkylation sites (tertiary alicyclic amines) is 1. The Morgan fingerprint density at radius 1 is 1.05 bits per heavy atom. The number of aryl methyl sites for hydroxylation is 1. The third kappa shape index (κ3) is 5.28. The van der Waals surface area contributed by atoms with E-state index in [1.165, 1.54) is 6.92 Å². The van der Waals surface area contributed by atoms with E-state index in [9.17, 15) is 9.59 Å². The normalized spacial score (nSPS) is 15.1. The van der Waals surface area contributed by atoms with Gasteiger partial charge in [0, 0.05) is 44.1 Å². The molecule has 3 aromatic rings. The second-order valence-corrected chi connectivity index (χ2v) is 9.96. The van der Waals surface area contributed by atoms with Crippen molar-refractivity contribution in [2.75, 3.05) is 13.1 Å². The number of carbonyl (C=O) groups is 2. The minimum absolute atomic E-state index is 0.0296. The molecule has 2 aliphatic rings. The van der Waals surface area contributed by atoms with E-state index >= 15 is 0 Å². The van der Waals surface area contributed by atoms with Gasteiger partial charge < -0.3 is 24.3 Å². The highest BCUT2D eigenvalue weighted by Gasteiger charge is 2.45. The summed E-state index contributed by atoms with van der Waals surface area (Å²) in [7, 11) is 0. The Balaban J connectivity index is 0.00000164. The van der Waals surface area contributed by atoms with E-state index in [-0.39, 0.29) is 17.9 Å². The molecule has 7 nitrogen and oxygen atoms in total.